The van der Waals surface area contributed by atoms with E-state index in [9.17, 15) is 0 Å². The molecule has 112 valence electrons. The lowest BCUT2D eigenvalue weighted by molar-refractivity contribution is 0.324. The molecule has 1 aromatic heterocycles. The van der Waals surface area contributed by atoms with Crippen molar-refractivity contribution in [3.8, 4) is 17.2 Å². The Kier molecular flexibility index (Phi) is 4.87. The number of aromatic nitrogens is 1. The maximum atomic E-state index is 5.37. The van der Waals surface area contributed by atoms with Crippen LogP contribution in [0.15, 0.2) is 36.7 Å². The van der Waals surface area contributed by atoms with E-state index in [4.69, 9.17) is 14.2 Å². The van der Waals surface area contributed by atoms with Crippen molar-refractivity contribution < 1.29 is 14.2 Å². The van der Waals surface area contributed by atoms with Crippen molar-refractivity contribution in [1.82, 2.24) is 4.98 Å². The monoisotopic (exact) mass is 288 g/mol. The molecule has 0 unspecified atom stereocenters. The summed E-state index contributed by atoms with van der Waals surface area (Å²) in [6.45, 7) is 0.711. The minimum atomic E-state index is 0.604. The second-order valence-electron chi connectivity index (χ2n) is 4.60. The zero-order valence-corrected chi connectivity index (χ0v) is 12.8. The van der Waals surface area contributed by atoms with Crippen LogP contribution < -0.4 is 19.1 Å². The van der Waals surface area contributed by atoms with E-state index in [-0.39, 0.29) is 0 Å². The van der Waals surface area contributed by atoms with Gasteiger partial charge in [-0.15, -0.1) is 0 Å². The summed E-state index contributed by atoms with van der Waals surface area (Å²) in [6.07, 6.45) is 3.59. The van der Waals surface area contributed by atoms with Crippen molar-refractivity contribution >= 4 is 5.69 Å². The lowest BCUT2D eigenvalue weighted by Crippen LogP contribution is -2.16. The van der Waals surface area contributed by atoms with Gasteiger partial charge in [-0.25, -0.2) is 0 Å². The van der Waals surface area contributed by atoms with Gasteiger partial charge < -0.3 is 19.1 Å². The van der Waals surface area contributed by atoms with Crippen molar-refractivity contribution in [3.05, 3.63) is 42.2 Å². The Bertz CT molecular complexity index is 562. The highest BCUT2D eigenvalue weighted by molar-refractivity contribution is 5.55. The zero-order valence-electron chi connectivity index (χ0n) is 12.8. The first-order valence-electron chi connectivity index (χ1n) is 6.59. The van der Waals surface area contributed by atoms with Crippen molar-refractivity contribution in [3.63, 3.8) is 0 Å². The summed E-state index contributed by atoms with van der Waals surface area (Å²) in [7, 11) is 6.85. The van der Waals surface area contributed by atoms with Crippen LogP contribution in [0, 0.1) is 0 Å². The topological polar surface area (TPSA) is 43.8 Å². The van der Waals surface area contributed by atoms with Gasteiger partial charge in [-0.2, -0.15) is 0 Å². The van der Waals surface area contributed by atoms with E-state index < -0.39 is 0 Å². The Labute approximate surface area is 125 Å². The smallest absolute Gasteiger partial charge is 0.203 e. The van der Waals surface area contributed by atoms with Crippen LogP contribution in [0.2, 0.25) is 0 Å². The van der Waals surface area contributed by atoms with Gasteiger partial charge in [0.25, 0.3) is 0 Å². The lowest BCUT2D eigenvalue weighted by atomic mass is 10.1. The van der Waals surface area contributed by atoms with Crippen LogP contribution in [-0.2, 0) is 6.54 Å². The van der Waals surface area contributed by atoms with Crippen molar-refractivity contribution in [2.24, 2.45) is 0 Å². The molecule has 0 radical (unpaired) electrons. The molecule has 0 saturated carbocycles. The Morgan fingerprint density at radius 1 is 1.05 bits per heavy atom. The van der Waals surface area contributed by atoms with Gasteiger partial charge in [0.2, 0.25) is 5.75 Å². The highest BCUT2D eigenvalue weighted by atomic mass is 16.5. The molecule has 0 aliphatic rings. The van der Waals surface area contributed by atoms with Gasteiger partial charge in [0.05, 0.1) is 33.2 Å². The lowest BCUT2D eigenvalue weighted by Gasteiger charge is -2.20. The first-order valence-corrected chi connectivity index (χ1v) is 6.59. The third-order valence-corrected chi connectivity index (χ3v) is 3.23. The number of rotatable bonds is 6. The molecule has 1 aromatic carbocycles. The minimum Gasteiger partial charge on any atom is -0.493 e. The molecule has 0 spiro atoms. The predicted octanol–water partition coefficient (Wildman–Crippen LogP) is 2.74. The van der Waals surface area contributed by atoms with Crippen LogP contribution in [0.25, 0.3) is 0 Å². The van der Waals surface area contributed by atoms with Crippen molar-refractivity contribution in [1.29, 1.82) is 0 Å². The number of hydrogen-bond donors (Lipinski definition) is 0. The van der Waals surface area contributed by atoms with Crippen LogP contribution in [0.1, 0.15) is 5.56 Å². The molecule has 0 aliphatic heterocycles. The fraction of sp³-hybridized carbons (Fsp3) is 0.312. The molecule has 0 bridgehead atoms. The van der Waals surface area contributed by atoms with Gasteiger partial charge in [0.1, 0.15) is 0 Å². The molecule has 0 fully saturated rings. The predicted molar refractivity (Wildman–Crippen MR) is 82.4 cm³/mol. The van der Waals surface area contributed by atoms with Crippen LogP contribution >= 0.6 is 0 Å². The normalized spacial score (nSPS) is 10.1. The first kappa shape index (κ1) is 15.0. The van der Waals surface area contributed by atoms with Crippen LogP contribution in [-0.4, -0.2) is 33.4 Å². The summed E-state index contributed by atoms with van der Waals surface area (Å²) in [4.78, 5) is 6.24. The third kappa shape index (κ3) is 3.37. The van der Waals surface area contributed by atoms with E-state index in [2.05, 4.69) is 9.88 Å². The highest BCUT2D eigenvalue weighted by Crippen LogP contribution is 2.38. The Morgan fingerprint density at radius 3 is 2.19 bits per heavy atom. The summed E-state index contributed by atoms with van der Waals surface area (Å²) in [5.74, 6) is 1.92. The third-order valence-electron chi connectivity index (χ3n) is 3.23. The Hall–Kier alpha value is -2.43. The van der Waals surface area contributed by atoms with E-state index in [1.807, 2.05) is 37.5 Å². The molecule has 2 rings (SSSR count). The van der Waals surface area contributed by atoms with E-state index >= 15 is 0 Å². The summed E-state index contributed by atoms with van der Waals surface area (Å²) in [5, 5.41) is 0. The van der Waals surface area contributed by atoms with Gasteiger partial charge in [0, 0.05) is 19.8 Å². The molecule has 2 aromatic rings. The van der Waals surface area contributed by atoms with Crippen molar-refractivity contribution in [2.45, 2.75) is 6.54 Å². The molecule has 0 saturated heterocycles. The van der Waals surface area contributed by atoms with Crippen molar-refractivity contribution in [2.75, 3.05) is 33.3 Å². The SMILES string of the molecule is COc1cc(CN(C)c2cccnc2)cc(OC)c1OC. The summed E-state index contributed by atoms with van der Waals surface area (Å²) < 4.78 is 16.1. The van der Waals surface area contributed by atoms with Crippen LogP contribution in [0.4, 0.5) is 5.69 Å². The zero-order chi connectivity index (χ0) is 15.2. The molecule has 0 atom stereocenters. The summed E-state index contributed by atoms with van der Waals surface area (Å²) in [5.41, 5.74) is 2.11. The average molecular weight is 288 g/mol. The Balaban J connectivity index is 2.28. The van der Waals surface area contributed by atoms with Gasteiger partial charge >= 0.3 is 0 Å². The maximum absolute atomic E-state index is 5.37. The maximum Gasteiger partial charge on any atom is 0.203 e. The highest BCUT2D eigenvalue weighted by Gasteiger charge is 2.14. The standard InChI is InChI=1S/C16H20N2O3/c1-18(13-6-5-7-17-10-13)11-12-8-14(19-2)16(21-4)15(9-12)20-3/h5-10H,11H2,1-4H3. The molecule has 0 N–H and O–H groups in total. The Morgan fingerprint density at radius 2 is 1.71 bits per heavy atom. The first-order chi connectivity index (χ1) is 10.2. The summed E-state index contributed by atoms with van der Waals surface area (Å²) >= 11 is 0. The van der Waals surface area contributed by atoms with E-state index in [0.717, 1.165) is 11.3 Å². The molecule has 0 amide bonds. The second kappa shape index (κ2) is 6.83. The molecule has 0 aliphatic carbocycles. The number of hydrogen-bond acceptors (Lipinski definition) is 5. The van der Waals surface area contributed by atoms with Crippen LogP contribution in [0.5, 0.6) is 17.2 Å². The largest absolute Gasteiger partial charge is 0.493 e. The minimum absolute atomic E-state index is 0.604. The van der Waals surface area contributed by atoms with Gasteiger partial charge in [-0.1, -0.05) is 0 Å². The quantitative estimate of drug-likeness (QED) is 0.817. The van der Waals surface area contributed by atoms with E-state index in [1.165, 1.54) is 0 Å². The van der Waals surface area contributed by atoms with E-state index in [1.54, 1.807) is 27.5 Å². The molecule has 1 heterocycles. The second-order valence-corrected chi connectivity index (χ2v) is 4.60. The fourth-order valence-corrected chi connectivity index (χ4v) is 2.17. The van der Waals surface area contributed by atoms with Crippen LogP contribution in [0.3, 0.4) is 0 Å². The number of ether oxygens (including phenoxy) is 3. The molecular formula is C16H20N2O3. The number of methoxy groups -OCH3 is 3. The van der Waals surface area contributed by atoms with Gasteiger partial charge in [-0.3, -0.25) is 4.98 Å². The number of benzene rings is 1. The fourth-order valence-electron chi connectivity index (χ4n) is 2.17. The van der Waals surface area contributed by atoms with Gasteiger partial charge in [-0.05, 0) is 29.8 Å². The molecule has 5 heteroatoms. The molecule has 5 nitrogen and oxygen atoms in total. The average Bonchev–Trinajstić information content (AvgIpc) is 2.54. The molecular weight excluding hydrogens is 268 g/mol. The number of pyridine rings is 1. The molecule has 21 heavy (non-hydrogen) atoms. The van der Waals surface area contributed by atoms with Gasteiger partial charge in [0.15, 0.2) is 11.5 Å². The number of anilines is 1. The van der Waals surface area contributed by atoms with E-state index in [0.29, 0.717) is 23.8 Å². The number of nitrogens with zero attached hydrogens (tertiary/aromatic N) is 2. The summed E-state index contributed by atoms with van der Waals surface area (Å²) in [6, 6.07) is 7.84.